The second-order valence-corrected chi connectivity index (χ2v) is 6.70. The van der Waals surface area contributed by atoms with Gasteiger partial charge in [0.05, 0.1) is 12.8 Å². The first-order chi connectivity index (χ1) is 13.8. The highest BCUT2D eigenvalue weighted by Gasteiger charge is 2.38. The van der Waals surface area contributed by atoms with Crippen molar-refractivity contribution in [2.24, 2.45) is 5.92 Å². The number of halogens is 3. The fourth-order valence-corrected chi connectivity index (χ4v) is 2.72. The van der Waals surface area contributed by atoms with Crippen LogP contribution < -0.4 is 0 Å². The van der Waals surface area contributed by atoms with Crippen LogP contribution in [0, 0.1) is 5.92 Å². The summed E-state index contributed by atoms with van der Waals surface area (Å²) in [5.41, 5.74) is 1.20. The molecule has 6 nitrogen and oxygen atoms in total. The topological polar surface area (TPSA) is 72.4 Å². The maximum absolute atomic E-state index is 12.7. The van der Waals surface area contributed by atoms with Crippen molar-refractivity contribution in [3.8, 4) is 11.4 Å². The number of rotatable bonds is 7. The summed E-state index contributed by atoms with van der Waals surface area (Å²) in [6.07, 6.45) is -2.42. The Bertz CT molecular complexity index is 934. The van der Waals surface area contributed by atoms with Crippen LogP contribution in [0.4, 0.5) is 13.2 Å². The molecule has 1 amide bonds. The Hall–Kier alpha value is -3.10. The van der Waals surface area contributed by atoms with Gasteiger partial charge in [-0.2, -0.15) is 18.2 Å². The molecular formula is C20H20F3N3O3. The minimum atomic E-state index is -4.69. The van der Waals surface area contributed by atoms with Crippen LogP contribution in [0.1, 0.15) is 37.5 Å². The Morgan fingerprint density at radius 2 is 1.90 bits per heavy atom. The predicted octanol–water partition coefficient (Wildman–Crippen LogP) is 4.92. The SMILES string of the molecule is CCC(C)C(=O)N(Cc1ccc(-c2noc(C(F)(F)F)n2)cc1)Cc1ccco1. The van der Waals surface area contributed by atoms with Crippen LogP contribution >= 0.6 is 0 Å². The second-order valence-electron chi connectivity index (χ2n) is 6.70. The number of carbonyl (C=O) groups is 1. The molecule has 0 aliphatic heterocycles. The van der Waals surface area contributed by atoms with Crippen molar-refractivity contribution < 1.29 is 26.9 Å². The number of alkyl halides is 3. The molecule has 1 aromatic carbocycles. The molecule has 0 N–H and O–H groups in total. The molecular weight excluding hydrogens is 387 g/mol. The van der Waals surface area contributed by atoms with E-state index in [0.717, 1.165) is 5.56 Å². The quantitative estimate of drug-likeness (QED) is 0.556. The Labute approximate surface area is 165 Å². The second kappa shape index (κ2) is 8.50. The minimum Gasteiger partial charge on any atom is -0.467 e. The van der Waals surface area contributed by atoms with Crippen molar-refractivity contribution in [3.63, 3.8) is 0 Å². The molecule has 0 saturated heterocycles. The van der Waals surface area contributed by atoms with Crippen LogP contribution in [0.2, 0.25) is 0 Å². The highest BCUT2D eigenvalue weighted by atomic mass is 19.4. The lowest BCUT2D eigenvalue weighted by Gasteiger charge is -2.25. The first kappa shape index (κ1) is 20.6. The standard InChI is InChI=1S/C20H20F3N3O3/c1-3-13(2)18(27)26(12-16-5-4-10-28-16)11-14-6-8-15(9-7-14)17-24-19(29-25-17)20(21,22)23/h4-10,13H,3,11-12H2,1-2H3. The van der Waals surface area contributed by atoms with Crippen LogP contribution in [0.3, 0.4) is 0 Å². The molecule has 0 radical (unpaired) electrons. The van der Waals surface area contributed by atoms with Crippen LogP contribution in [-0.4, -0.2) is 20.9 Å². The molecule has 0 aliphatic rings. The summed E-state index contributed by atoms with van der Waals surface area (Å²) in [5.74, 6) is -0.998. The van der Waals surface area contributed by atoms with E-state index in [1.807, 2.05) is 13.8 Å². The molecule has 154 valence electrons. The third-order valence-electron chi connectivity index (χ3n) is 4.53. The number of hydrogen-bond donors (Lipinski definition) is 0. The largest absolute Gasteiger partial charge is 0.471 e. The van der Waals surface area contributed by atoms with Gasteiger partial charge < -0.3 is 13.8 Å². The summed E-state index contributed by atoms with van der Waals surface area (Å²) in [7, 11) is 0. The van der Waals surface area contributed by atoms with E-state index >= 15 is 0 Å². The van der Waals surface area contributed by atoms with Crippen molar-refractivity contribution in [3.05, 3.63) is 59.9 Å². The van der Waals surface area contributed by atoms with Gasteiger partial charge >= 0.3 is 12.1 Å². The smallest absolute Gasteiger partial charge is 0.467 e. The van der Waals surface area contributed by atoms with Crippen LogP contribution in [0.25, 0.3) is 11.4 Å². The van der Waals surface area contributed by atoms with E-state index in [2.05, 4.69) is 14.7 Å². The molecule has 3 rings (SSSR count). The average Bonchev–Trinajstić information content (AvgIpc) is 3.38. The van der Waals surface area contributed by atoms with E-state index < -0.39 is 12.1 Å². The molecule has 0 aliphatic carbocycles. The lowest BCUT2D eigenvalue weighted by molar-refractivity contribution is -0.159. The third-order valence-corrected chi connectivity index (χ3v) is 4.53. The number of carbonyl (C=O) groups excluding carboxylic acids is 1. The van der Waals surface area contributed by atoms with Gasteiger partial charge in [0.15, 0.2) is 0 Å². The van der Waals surface area contributed by atoms with E-state index in [4.69, 9.17) is 4.42 Å². The van der Waals surface area contributed by atoms with Gasteiger partial charge in [0, 0.05) is 18.0 Å². The van der Waals surface area contributed by atoms with Crippen molar-refractivity contribution in [1.82, 2.24) is 15.0 Å². The number of benzene rings is 1. The predicted molar refractivity (Wildman–Crippen MR) is 97.2 cm³/mol. The molecule has 0 spiro atoms. The molecule has 1 atom stereocenters. The van der Waals surface area contributed by atoms with Gasteiger partial charge in [-0.15, -0.1) is 0 Å². The van der Waals surface area contributed by atoms with Crippen molar-refractivity contribution in [2.45, 2.75) is 39.5 Å². The van der Waals surface area contributed by atoms with Gasteiger partial charge in [-0.1, -0.05) is 43.3 Å². The molecule has 9 heteroatoms. The number of hydrogen-bond acceptors (Lipinski definition) is 5. The van der Waals surface area contributed by atoms with E-state index in [-0.39, 0.29) is 17.6 Å². The average molecular weight is 407 g/mol. The molecule has 0 saturated carbocycles. The highest BCUT2D eigenvalue weighted by Crippen LogP contribution is 2.29. The molecule has 0 bridgehead atoms. The van der Waals surface area contributed by atoms with E-state index in [0.29, 0.717) is 30.8 Å². The Morgan fingerprint density at radius 3 is 2.45 bits per heavy atom. The fourth-order valence-electron chi connectivity index (χ4n) is 2.72. The van der Waals surface area contributed by atoms with E-state index in [9.17, 15) is 18.0 Å². The van der Waals surface area contributed by atoms with Crippen molar-refractivity contribution in [1.29, 1.82) is 0 Å². The summed E-state index contributed by atoms with van der Waals surface area (Å²) in [5, 5.41) is 3.37. The molecule has 2 aromatic heterocycles. The zero-order chi connectivity index (χ0) is 21.0. The summed E-state index contributed by atoms with van der Waals surface area (Å²) in [6.45, 7) is 4.49. The number of furan rings is 1. The lowest BCUT2D eigenvalue weighted by atomic mass is 10.1. The van der Waals surface area contributed by atoms with Gasteiger partial charge in [0.2, 0.25) is 11.7 Å². The van der Waals surface area contributed by atoms with Crippen molar-refractivity contribution >= 4 is 5.91 Å². The first-order valence-electron chi connectivity index (χ1n) is 9.09. The maximum atomic E-state index is 12.7. The molecule has 1 unspecified atom stereocenters. The summed E-state index contributed by atoms with van der Waals surface area (Å²) in [6, 6.07) is 10.2. The van der Waals surface area contributed by atoms with Crippen LogP contribution in [-0.2, 0) is 24.1 Å². The Kier molecular flexibility index (Phi) is 6.05. The molecule has 29 heavy (non-hydrogen) atoms. The zero-order valence-corrected chi connectivity index (χ0v) is 15.9. The minimum absolute atomic E-state index is 0.000892. The van der Waals surface area contributed by atoms with Gasteiger partial charge in [-0.05, 0) is 24.1 Å². The summed E-state index contributed by atoms with van der Waals surface area (Å²) >= 11 is 0. The normalized spacial score (nSPS) is 12.7. The first-order valence-corrected chi connectivity index (χ1v) is 9.09. The summed E-state index contributed by atoms with van der Waals surface area (Å²) < 4.78 is 47.4. The zero-order valence-electron chi connectivity index (χ0n) is 15.9. The van der Waals surface area contributed by atoms with Crippen LogP contribution in [0.5, 0.6) is 0 Å². The maximum Gasteiger partial charge on any atom is 0.471 e. The molecule has 0 fully saturated rings. The van der Waals surface area contributed by atoms with E-state index in [1.165, 1.54) is 0 Å². The Balaban J connectivity index is 1.76. The number of aromatic nitrogens is 2. The molecule has 2 heterocycles. The molecule has 3 aromatic rings. The van der Waals surface area contributed by atoms with Gasteiger partial charge in [-0.3, -0.25) is 4.79 Å². The number of nitrogens with zero attached hydrogens (tertiary/aromatic N) is 3. The lowest BCUT2D eigenvalue weighted by Crippen LogP contribution is -2.34. The van der Waals surface area contributed by atoms with E-state index in [1.54, 1.807) is 47.6 Å². The van der Waals surface area contributed by atoms with Gasteiger partial charge in [0.25, 0.3) is 0 Å². The third kappa shape index (κ3) is 5.04. The fraction of sp³-hybridized carbons (Fsp3) is 0.350. The van der Waals surface area contributed by atoms with Gasteiger partial charge in [-0.25, -0.2) is 0 Å². The van der Waals surface area contributed by atoms with Gasteiger partial charge in [0.1, 0.15) is 5.76 Å². The monoisotopic (exact) mass is 407 g/mol. The van der Waals surface area contributed by atoms with Crippen LogP contribution in [0.15, 0.2) is 51.6 Å². The Morgan fingerprint density at radius 1 is 1.17 bits per heavy atom. The van der Waals surface area contributed by atoms with Crippen molar-refractivity contribution in [2.75, 3.05) is 0 Å². The highest BCUT2D eigenvalue weighted by molar-refractivity contribution is 5.78. The number of amides is 1. The summed E-state index contributed by atoms with van der Waals surface area (Å²) in [4.78, 5) is 17.8.